The minimum absolute atomic E-state index is 0.942. The summed E-state index contributed by atoms with van der Waals surface area (Å²) >= 11 is 0. The smallest absolute Gasteiger partial charge is 0.145 e. The highest BCUT2D eigenvalue weighted by atomic mass is 15.1. The van der Waals surface area contributed by atoms with E-state index in [0.717, 1.165) is 52.2 Å². The molecule has 3 heteroatoms. The quantitative estimate of drug-likeness (QED) is 0.197. The summed E-state index contributed by atoms with van der Waals surface area (Å²) in [6.45, 7) is 0. The largest absolute Gasteiger partial charge is 0.292 e. The Labute approximate surface area is 273 Å². The Morgan fingerprint density at radius 1 is 0.511 bits per heavy atom. The normalized spacial score (nSPS) is 12.4. The summed E-state index contributed by atoms with van der Waals surface area (Å²) in [4.78, 5) is 9.86. The van der Waals surface area contributed by atoms with E-state index in [2.05, 4.69) is 156 Å². The number of hydrogen-bond acceptors (Lipinski definition) is 2. The van der Waals surface area contributed by atoms with Gasteiger partial charge in [0.2, 0.25) is 0 Å². The Morgan fingerprint density at radius 3 is 1.98 bits per heavy atom. The molecule has 6 aromatic carbocycles. The number of nitrogens with zero attached hydrogens (tertiary/aromatic N) is 3. The topological polar surface area (TPSA) is 30.7 Å². The third-order valence-corrected chi connectivity index (χ3v) is 9.28. The lowest BCUT2D eigenvalue weighted by atomic mass is 9.84. The molecule has 0 amide bonds. The zero-order chi connectivity index (χ0) is 31.2. The Kier molecular flexibility index (Phi) is 6.60. The zero-order valence-electron chi connectivity index (χ0n) is 25.8. The van der Waals surface area contributed by atoms with Crippen LogP contribution in [0.5, 0.6) is 0 Å². The van der Waals surface area contributed by atoms with Crippen molar-refractivity contribution in [1.29, 1.82) is 0 Å². The third kappa shape index (κ3) is 4.59. The summed E-state index contributed by atoms with van der Waals surface area (Å²) in [5, 5.41) is 5.10. The van der Waals surface area contributed by atoms with E-state index in [9.17, 15) is 0 Å². The fraction of sp³-hybridized carbons (Fsp3) is 0.0455. The molecule has 0 saturated carbocycles. The van der Waals surface area contributed by atoms with Gasteiger partial charge in [-0.15, -0.1) is 0 Å². The number of hydrogen-bond donors (Lipinski definition) is 0. The molecule has 0 spiro atoms. The average Bonchev–Trinajstić information content (AvgIpc) is 3.54. The van der Waals surface area contributed by atoms with E-state index in [0.29, 0.717) is 0 Å². The van der Waals surface area contributed by atoms with Crippen molar-refractivity contribution in [2.24, 2.45) is 0 Å². The third-order valence-electron chi connectivity index (χ3n) is 9.28. The van der Waals surface area contributed by atoms with E-state index < -0.39 is 0 Å². The zero-order valence-corrected chi connectivity index (χ0v) is 25.8. The maximum Gasteiger partial charge on any atom is 0.145 e. The summed E-state index contributed by atoms with van der Waals surface area (Å²) < 4.78 is 2.30. The van der Waals surface area contributed by atoms with Gasteiger partial charge in [0.05, 0.1) is 16.7 Å². The van der Waals surface area contributed by atoms with E-state index >= 15 is 0 Å². The molecule has 0 bridgehead atoms. The van der Waals surface area contributed by atoms with E-state index in [1.807, 2.05) is 12.3 Å². The van der Waals surface area contributed by atoms with E-state index in [-0.39, 0.29) is 0 Å². The van der Waals surface area contributed by atoms with Gasteiger partial charge in [0.1, 0.15) is 5.82 Å². The van der Waals surface area contributed by atoms with Crippen LogP contribution in [0.2, 0.25) is 0 Å². The predicted octanol–water partition coefficient (Wildman–Crippen LogP) is 9.60. The molecule has 2 heterocycles. The molecule has 8 aromatic rings. The molecular formula is C44H31N3. The van der Waals surface area contributed by atoms with Crippen LogP contribution in [-0.4, -0.2) is 14.5 Å². The standard InChI is InChI=1S/C44H31N3/c1-2-15-30(16-3-1)44-46-40-26-10-11-27-41(40)47(44)32-18-14-17-31(29-32)42-35-21-6-8-23-37(35)43(38-24-9-7-22-36(38)42)34-20-5-4-19-33(34)39-25-12-13-28-45-39/h1-6,8,10-29H,7,9H2. The van der Waals surface area contributed by atoms with E-state index in [4.69, 9.17) is 9.97 Å². The van der Waals surface area contributed by atoms with Crippen molar-refractivity contribution >= 4 is 34.0 Å². The molecular weight excluding hydrogens is 571 g/mol. The van der Waals surface area contributed by atoms with Crippen LogP contribution in [0.3, 0.4) is 0 Å². The summed E-state index contributed by atoms with van der Waals surface area (Å²) in [6, 6.07) is 51.6. The number of para-hydroxylation sites is 2. The Hall–Kier alpha value is -6.06. The number of benzene rings is 6. The first-order valence-electron chi connectivity index (χ1n) is 16.2. The maximum absolute atomic E-state index is 5.11. The van der Waals surface area contributed by atoms with Crippen LogP contribution in [0.4, 0.5) is 0 Å². The highest BCUT2D eigenvalue weighted by Crippen LogP contribution is 2.37. The van der Waals surface area contributed by atoms with Gasteiger partial charge < -0.3 is 0 Å². The summed E-state index contributed by atoms with van der Waals surface area (Å²) in [6.07, 6.45) is 8.80. The molecule has 0 unspecified atom stereocenters. The molecule has 0 aliphatic heterocycles. The van der Waals surface area contributed by atoms with Crippen LogP contribution in [-0.2, 0) is 0 Å². The Bertz CT molecular complexity index is 2560. The first kappa shape index (κ1) is 27.3. The molecule has 0 atom stereocenters. The molecule has 0 saturated heterocycles. The van der Waals surface area contributed by atoms with Crippen molar-refractivity contribution in [2.75, 3.05) is 0 Å². The lowest BCUT2D eigenvalue weighted by molar-refractivity contribution is 1.10. The van der Waals surface area contributed by atoms with Gasteiger partial charge in [0.25, 0.3) is 0 Å². The van der Waals surface area contributed by atoms with Gasteiger partial charge in [-0.2, -0.15) is 0 Å². The molecule has 1 aliphatic carbocycles. The second-order valence-corrected chi connectivity index (χ2v) is 12.0. The Balaban J connectivity index is 1.32. The molecule has 47 heavy (non-hydrogen) atoms. The number of imidazole rings is 1. The molecule has 0 N–H and O–H groups in total. The van der Waals surface area contributed by atoms with Crippen LogP contribution in [0, 0.1) is 0 Å². The predicted molar refractivity (Wildman–Crippen MR) is 196 cm³/mol. The summed E-state index contributed by atoms with van der Waals surface area (Å²) in [5.74, 6) is 0.942. The van der Waals surface area contributed by atoms with Gasteiger partial charge in [0.15, 0.2) is 0 Å². The summed E-state index contributed by atoms with van der Waals surface area (Å²) in [5.41, 5.74) is 11.4. The van der Waals surface area contributed by atoms with Crippen LogP contribution in [0.25, 0.3) is 84.5 Å². The minimum Gasteiger partial charge on any atom is -0.292 e. The van der Waals surface area contributed by atoms with Crippen LogP contribution < -0.4 is 10.4 Å². The molecule has 9 rings (SSSR count). The molecule has 3 nitrogen and oxygen atoms in total. The fourth-order valence-corrected chi connectivity index (χ4v) is 7.27. The molecule has 2 aromatic heterocycles. The number of aromatic nitrogens is 3. The molecule has 0 fully saturated rings. The number of fused-ring (bicyclic) bond motifs is 3. The number of rotatable bonds is 5. The highest BCUT2D eigenvalue weighted by Gasteiger charge is 2.20. The van der Waals surface area contributed by atoms with Crippen molar-refractivity contribution in [3.05, 3.63) is 162 Å². The van der Waals surface area contributed by atoms with Crippen molar-refractivity contribution in [1.82, 2.24) is 14.5 Å². The minimum atomic E-state index is 0.942. The van der Waals surface area contributed by atoms with E-state index in [1.54, 1.807) is 0 Å². The second kappa shape index (κ2) is 11.4. The van der Waals surface area contributed by atoms with Gasteiger partial charge >= 0.3 is 0 Å². The summed E-state index contributed by atoms with van der Waals surface area (Å²) in [7, 11) is 0. The van der Waals surface area contributed by atoms with Gasteiger partial charge in [-0.05, 0) is 92.7 Å². The van der Waals surface area contributed by atoms with Crippen molar-refractivity contribution in [3.63, 3.8) is 0 Å². The molecule has 222 valence electrons. The SMILES string of the molecule is C1=c2c(-c3cccc(-n4c(-c5ccccc5)nc5ccccc54)c3)c3ccccc3c(-c3ccccc3-c3ccccn3)c2=CCC1. The van der Waals surface area contributed by atoms with Crippen molar-refractivity contribution in [3.8, 4) is 50.6 Å². The highest BCUT2D eigenvalue weighted by molar-refractivity contribution is 6.07. The van der Waals surface area contributed by atoms with Gasteiger partial charge in [-0.25, -0.2) is 4.98 Å². The molecule has 1 aliphatic rings. The molecule has 0 radical (unpaired) electrons. The van der Waals surface area contributed by atoms with Gasteiger partial charge in [0, 0.05) is 23.0 Å². The Morgan fingerprint density at radius 2 is 1.17 bits per heavy atom. The first-order valence-corrected chi connectivity index (χ1v) is 16.2. The average molecular weight is 602 g/mol. The van der Waals surface area contributed by atoms with Gasteiger partial charge in [-0.1, -0.05) is 121 Å². The first-order chi connectivity index (χ1) is 23.3. The number of pyridine rings is 1. The van der Waals surface area contributed by atoms with Crippen LogP contribution >= 0.6 is 0 Å². The fourth-order valence-electron chi connectivity index (χ4n) is 7.27. The van der Waals surface area contributed by atoms with Crippen LogP contribution in [0.1, 0.15) is 12.8 Å². The van der Waals surface area contributed by atoms with Crippen molar-refractivity contribution in [2.45, 2.75) is 12.8 Å². The lowest BCUT2D eigenvalue weighted by Crippen LogP contribution is -2.31. The van der Waals surface area contributed by atoms with Gasteiger partial charge in [-0.3, -0.25) is 9.55 Å². The lowest BCUT2D eigenvalue weighted by Gasteiger charge is -2.20. The van der Waals surface area contributed by atoms with E-state index in [1.165, 1.54) is 43.5 Å². The second-order valence-electron chi connectivity index (χ2n) is 12.0. The maximum atomic E-state index is 5.11. The van der Waals surface area contributed by atoms with Crippen molar-refractivity contribution < 1.29 is 0 Å². The monoisotopic (exact) mass is 601 g/mol. The van der Waals surface area contributed by atoms with Crippen LogP contribution in [0.15, 0.2) is 152 Å².